The molecule has 0 bridgehead atoms. The van der Waals surface area contributed by atoms with Gasteiger partial charge in [0.25, 0.3) is 0 Å². The highest BCUT2D eigenvalue weighted by atomic mass is 16.3. The summed E-state index contributed by atoms with van der Waals surface area (Å²) in [7, 11) is 0. The van der Waals surface area contributed by atoms with Crippen molar-refractivity contribution in [1.29, 1.82) is 0 Å². The molecule has 0 spiro atoms. The molecule has 0 radical (unpaired) electrons. The highest BCUT2D eigenvalue weighted by molar-refractivity contribution is 5.79. The molecule has 0 amide bonds. The average molecular weight is 331 g/mol. The van der Waals surface area contributed by atoms with E-state index >= 15 is 0 Å². The first-order valence-corrected chi connectivity index (χ1v) is 10.1. The summed E-state index contributed by atoms with van der Waals surface area (Å²) >= 11 is 0. The first-order chi connectivity index (χ1) is 11.2. The predicted octanol–water partition coefficient (Wildman–Crippen LogP) is 4.91. The van der Waals surface area contributed by atoms with Gasteiger partial charge in [-0.15, -0.1) is 0 Å². The van der Waals surface area contributed by atoms with E-state index in [0.29, 0.717) is 17.1 Å². The van der Waals surface area contributed by atoms with Crippen molar-refractivity contribution < 1.29 is 9.90 Å². The zero-order valence-corrected chi connectivity index (χ0v) is 15.9. The summed E-state index contributed by atoms with van der Waals surface area (Å²) in [6, 6.07) is 0. The molecule has 0 aliphatic heterocycles. The van der Waals surface area contributed by atoms with Crippen LogP contribution in [0.3, 0.4) is 0 Å². The zero-order chi connectivity index (χ0) is 17.3. The number of carbonyl (C=O) groups excluding carboxylic acids is 1. The minimum atomic E-state index is -0.506. The van der Waals surface area contributed by atoms with Gasteiger partial charge in [-0.2, -0.15) is 0 Å². The average Bonchev–Trinajstić information content (AvgIpc) is 2.85. The minimum Gasteiger partial charge on any atom is -0.390 e. The number of Topliss-reactive ketones (excluding diaryl/α,β-unsaturated/α-hetero) is 1. The fourth-order valence-electron chi connectivity index (χ4n) is 7.47. The molecule has 0 aromatic heterocycles. The largest absolute Gasteiger partial charge is 0.390 e. The Labute approximate surface area is 147 Å². The summed E-state index contributed by atoms with van der Waals surface area (Å²) in [4.78, 5) is 12.2. The van der Waals surface area contributed by atoms with E-state index in [1.54, 1.807) is 0 Å². The lowest BCUT2D eigenvalue weighted by molar-refractivity contribution is -0.127. The third kappa shape index (κ3) is 2.21. The molecule has 3 saturated carbocycles. The minimum absolute atomic E-state index is 0.245. The third-order valence-electron chi connectivity index (χ3n) is 8.87. The topological polar surface area (TPSA) is 37.3 Å². The molecule has 0 aromatic rings. The number of allylic oxidation sites excluding steroid dienone is 1. The van der Waals surface area contributed by atoms with E-state index in [0.717, 1.165) is 43.4 Å². The molecule has 0 heterocycles. The molecule has 134 valence electrons. The lowest BCUT2D eigenvalue weighted by Crippen LogP contribution is -2.52. The van der Waals surface area contributed by atoms with E-state index < -0.39 is 5.60 Å². The van der Waals surface area contributed by atoms with Gasteiger partial charge >= 0.3 is 0 Å². The van der Waals surface area contributed by atoms with Crippen LogP contribution in [0.1, 0.15) is 79.1 Å². The molecule has 1 N–H and O–H groups in total. The van der Waals surface area contributed by atoms with Crippen LogP contribution in [0.4, 0.5) is 0 Å². The Morgan fingerprint density at radius 1 is 1.08 bits per heavy atom. The summed E-state index contributed by atoms with van der Waals surface area (Å²) in [5.74, 6) is 2.96. The van der Waals surface area contributed by atoms with Gasteiger partial charge in [0.2, 0.25) is 0 Å². The number of hydrogen-bond acceptors (Lipinski definition) is 2. The zero-order valence-electron chi connectivity index (χ0n) is 15.9. The molecule has 0 unspecified atom stereocenters. The van der Waals surface area contributed by atoms with E-state index in [-0.39, 0.29) is 5.41 Å². The first-order valence-electron chi connectivity index (χ1n) is 10.1. The van der Waals surface area contributed by atoms with Crippen molar-refractivity contribution in [3.8, 4) is 0 Å². The SMILES string of the molecule is CC(=O)[C@H]1CC[C@H]2[C@@H]3CC=C4C[C@@](C)(O)CC[C@]4(C)[C@H]3CC[C@]12C. The predicted molar refractivity (Wildman–Crippen MR) is 96.5 cm³/mol. The van der Waals surface area contributed by atoms with Crippen LogP contribution in [0, 0.1) is 34.5 Å². The van der Waals surface area contributed by atoms with Gasteiger partial charge in [0.05, 0.1) is 5.60 Å². The molecule has 4 aliphatic carbocycles. The molecule has 4 aliphatic rings. The molecule has 24 heavy (non-hydrogen) atoms. The van der Waals surface area contributed by atoms with E-state index in [1.807, 2.05) is 13.8 Å². The Morgan fingerprint density at radius 2 is 1.83 bits per heavy atom. The maximum absolute atomic E-state index is 12.2. The van der Waals surface area contributed by atoms with Gasteiger partial charge in [-0.3, -0.25) is 4.79 Å². The van der Waals surface area contributed by atoms with Gasteiger partial charge in [0.1, 0.15) is 5.78 Å². The smallest absolute Gasteiger partial charge is 0.133 e. The number of rotatable bonds is 1. The summed E-state index contributed by atoms with van der Waals surface area (Å²) < 4.78 is 0. The van der Waals surface area contributed by atoms with Crippen molar-refractivity contribution in [2.45, 2.75) is 84.7 Å². The third-order valence-corrected chi connectivity index (χ3v) is 8.87. The van der Waals surface area contributed by atoms with Gasteiger partial charge < -0.3 is 5.11 Å². The van der Waals surface area contributed by atoms with Crippen LogP contribution in [-0.2, 0) is 4.79 Å². The number of aliphatic hydroxyl groups is 1. The van der Waals surface area contributed by atoms with Gasteiger partial charge in [0.15, 0.2) is 0 Å². The maximum atomic E-state index is 12.2. The molecule has 0 aromatic carbocycles. The van der Waals surface area contributed by atoms with Gasteiger partial charge in [0, 0.05) is 5.92 Å². The van der Waals surface area contributed by atoms with Crippen LogP contribution in [0.2, 0.25) is 0 Å². The van der Waals surface area contributed by atoms with E-state index in [1.165, 1.54) is 31.3 Å². The molecule has 0 saturated heterocycles. The normalized spacial score (nSPS) is 53.6. The van der Waals surface area contributed by atoms with Crippen molar-refractivity contribution in [3.05, 3.63) is 11.6 Å². The van der Waals surface area contributed by atoms with Crippen molar-refractivity contribution in [1.82, 2.24) is 0 Å². The quantitative estimate of drug-likeness (QED) is 0.694. The molecule has 3 fully saturated rings. The number of ketones is 1. The Bertz CT molecular complexity index is 589. The lowest BCUT2D eigenvalue weighted by atomic mass is 9.46. The van der Waals surface area contributed by atoms with Crippen LogP contribution in [-0.4, -0.2) is 16.5 Å². The second kappa shape index (κ2) is 5.19. The molecular formula is C22H34O2. The molecule has 2 nitrogen and oxygen atoms in total. The summed E-state index contributed by atoms with van der Waals surface area (Å²) in [5, 5.41) is 10.5. The Kier molecular flexibility index (Phi) is 3.64. The highest BCUT2D eigenvalue weighted by Crippen LogP contribution is 2.66. The van der Waals surface area contributed by atoms with Crippen LogP contribution in [0.25, 0.3) is 0 Å². The van der Waals surface area contributed by atoms with Crippen molar-refractivity contribution in [2.24, 2.45) is 34.5 Å². The van der Waals surface area contributed by atoms with Crippen molar-refractivity contribution >= 4 is 5.78 Å². The van der Waals surface area contributed by atoms with Gasteiger partial charge in [-0.05, 0) is 93.8 Å². The van der Waals surface area contributed by atoms with Crippen molar-refractivity contribution in [2.75, 3.05) is 0 Å². The van der Waals surface area contributed by atoms with Crippen molar-refractivity contribution in [3.63, 3.8) is 0 Å². The Hall–Kier alpha value is -0.630. The standard InChI is InChI=1S/C22H34O2/c1-14(23)17-7-8-18-16-6-5-15-13-20(2,24)11-12-21(15,3)19(16)9-10-22(17,18)4/h5,16-19,24H,6-13H2,1-4H3/t16-,17+,18-,19-,20-,21-,22+/m0/s1. The fourth-order valence-corrected chi connectivity index (χ4v) is 7.47. The second-order valence-electron chi connectivity index (χ2n) is 10.2. The number of hydrogen-bond donors (Lipinski definition) is 1. The lowest BCUT2D eigenvalue weighted by Gasteiger charge is -2.58. The Balaban J connectivity index is 1.66. The van der Waals surface area contributed by atoms with Gasteiger partial charge in [-0.25, -0.2) is 0 Å². The van der Waals surface area contributed by atoms with Crippen LogP contribution in [0.5, 0.6) is 0 Å². The number of fused-ring (bicyclic) bond motifs is 5. The van der Waals surface area contributed by atoms with Crippen LogP contribution in [0.15, 0.2) is 11.6 Å². The Morgan fingerprint density at radius 3 is 2.54 bits per heavy atom. The summed E-state index contributed by atoms with van der Waals surface area (Å²) in [6.07, 6.45) is 11.5. The van der Waals surface area contributed by atoms with Crippen LogP contribution >= 0.6 is 0 Å². The number of carbonyl (C=O) groups is 1. The molecular weight excluding hydrogens is 296 g/mol. The van der Waals surface area contributed by atoms with Gasteiger partial charge in [-0.1, -0.05) is 25.5 Å². The summed E-state index contributed by atoms with van der Waals surface area (Å²) in [5.41, 5.74) is 1.56. The fraction of sp³-hybridized carbons (Fsp3) is 0.864. The maximum Gasteiger partial charge on any atom is 0.133 e. The van der Waals surface area contributed by atoms with E-state index in [9.17, 15) is 9.90 Å². The van der Waals surface area contributed by atoms with E-state index in [4.69, 9.17) is 0 Å². The highest BCUT2D eigenvalue weighted by Gasteiger charge is 2.59. The molecule has 7 atom stereocenters. The molecule has 4 rings (SSSR count). The van der Waals surface area contributed by atoms with E-state index in [2.05, 4.69) is 19.9 Å². The van der Waals surface area contributed by atoms with Crippen LogP contribution < -0.4 is 0 Å². The summed E-state index contributed by atoms with van der Waals surface area (Å²) in [6.45, 7) is 8.71. The molecule has 2 heteroatoms. The monoisotopic (exact) mass is 330 g/mol. The first kappa shape index (κ1) is 16.8. The second-order valence-corrected chi connectivity index (χ2v) is 10.2.